The van der Waals surface area contributed by atoms with E-state index in [1.807, 2.05) is 0 Å². The Morgan fingerprint density at radius 3 is 2.33 bits per heavy atom. The Bertz CT molecular complexity index is 418. The number of hydrogen-bond acceptors (Lipinski definition) is 2. The zero-order chi connectivity index (χ0) is 12.6. The summed E-state index contributed by atoms with van der Waals surface area (Å²) in [5.74, 6) is -1.27. The Kier molecular flexibility index (Phi) is 4.45. The van der Waals surface area contributed by atoms with Crippen molar-refractivity contribution >= 4 is 12.4 Å². The van der Waals surface area contributed by atoms with Crippen LogP contribution in [0.15, 0.2) is 18.2 Å². The van der Waals surface area contributed by atoms with Crippen LogP contribution in [0.25, 0.3) is 0 Å². The third kappa shape index (κ3) is 3.26. The lowest BCUT2D eigenvalue weighted by Gasteiger charge is -2.32. The molecule has 0 atom stereocenters. The van der Waals surface area contributed by atoms with Gasteiger partial charge in [0.15, 0.2) is 0 Å². The molecule has 0 radical (unpaired) electrons. The average Bonchev–Trinajstić information content (AvgIpc) is 2.16. The van der Waals surface area contributed by atoms with Gasteiger partial charge in [0.25, 0.3) is 0 Å². The number of halogens is 5. The van der Waals surface area contributed by atoms with E-state index in [2.05, 4.69) is 0 Å². The molecule has 0 amide bonds. The molecule has 0 bridgehead atoms. The van der Waals surface area contributed by atoms with Gasteiger partial charge < -0.3 is 10.5 Å². The van der Waals surface area contributed by atoms with E-state index in [0.717, 1.165) is 6.07 Å². The van der Waals surface area contributed by atoms with E-state index in [1.54, 1.807) is 0 Å². The lowest BCUT2D eigenvalue weighted by molar-refractivity contribution is -0.140. The number of hydrogen-bond donors (Lipinski definition) is 1. The van der Waals surface area contributed by atoms with Crippen molar-refractivity contribution in [3.63, 3.8) is 0 Å². The zero-order valence-corrected chi connectivity index (χ0v) is 10.0. The molecule has 2 rings (SSSR count). The maximum absolute atomic E-state index is 13.0. The van der Waals surface area contributed by atoms with Crippen molar-refractivity contribution in [1.29, 1.82) is 0 Å². The molecule has 18 heavy (non-hydrogen) atoms. The number of alkyl halides is 3. The SMILES string of the molecule is Cl.N[C@H]1C[C@H](Oc2ccc(F)c(C(F)(F)F)c2)C1. The minimum atomic E-state index is -4.71. The second kappa shape index (κ2) is 5.32. The summed E-state index contributed by atoms with van der Waals surface area (Å²) in [6.45, 7) is 0. The lowest BCUT2D eigenvalue weighted by atomic mass is 9.90. The summed E-state index contributed by atoms with van der Waals surface area (Å²) in [6.07, 6.45) is -3.66. The van der Waals surface area contributed by atoms with Gasteiger partial charge in [-0.2, -0.15) is 13.2 Å². The fourth-order valence-electron chi connectivity index (χ4n) is 1.69. The molecule has 1 aliphatic carbocycles. The second-order valence-electron chi connectivity index (χ2n) is 4.11. The smallest absolute Gasteiger partial charge is 0.419 e. The Morgan fingerprint density at radius 1 is 1.22 bits per heavy atom. The fraction of sp³-hybridized carbons (Fsp3) is 0.455. The van der Waals surface area contributed by atoms with E-state index in [1.165, 1.54) is 6.07 Å². The zero-order valence-electron chi connectivity index (χ0n) is 9.21. The molecule has 0 aliphatic heterocycles. The third-order valence-corrected chi connectivity index (χ3v) is 2.68. The number of nitrogens with two attached hydrogens (primary N) is 1. The molecule has 0 heterocycles. The van der Waals surface area contributed by atoms with E-state index in [0.29, 0.717) is 18.9 Å². The molecule has 1 aromatic rings. The largest absolute Gasteiger partial charge is 0.490 e. The predicted octanol–water partition coefficient (Wildman–Crippen LogP) is 3.13. The molecule has 0 saturated heterocycles. The molecule has 1 fully saturated rings. The molecule has 2 nitrogen and oxygen atoms in total. The Labute approximate surface area is 108 Å². The van der Waals surface area contributed by atoms with Gasteiger partial charge in [0, 0.05) is 6.04 Å². The van der Waals surface area contributed by atoms with Crippen LogP contribution in [0, 0.1) is 5.82 Å². The van der Waals surface area contributed by atoms with Crippen LogP contribution in [0.2, 0.25) is 0 Å². The van der Waals surface area contributed by atoms with E-state index >= 15 is 0 Å². The summed E-state index contributed by atoms with van der Waals surface area (Å²) in [5, 5.41) is 0. The highest BCUT2D eigenvalue weighted by atomic mass is 35.5. The van der Waals surface area contributed by atoms with Crippen molar-refractivity contribution in [2.24, 2.45) is 5.73 Å². The van der Waals surface area contributed by atoms with Gasteiger partial charge in [-0.15, -0.1) is 12.4 Å². The van der Waals surface area contributed by atoms with Crippen molar-refractivity contribution in [2.45, 2.75) is 31.2 Å². The topological polar surface area (TPSA) is 35.2 Å². The van der Waals surface area contributed by atoms with Gasteiger partial charge in [0.05, 0.1) is 5.56 Å². The summed E-state index contributed by atoms with van der Waals surface area (Å²) in [5.41, 5.74) is 4.22. The molecule has 1 aromatic carbocycles. The normalized spacial score (nSPS) is 22.9. The Balaban J connectivity index is 0.00000162. The Hall–Kier alpha value is -1.01. The van der Waals surface area contributed by atoms with E-state index in [-0.39, 0.29) is 30.3 Å². The first kappa shape index (κ1) is 15.0. The highest BCUT2D eigenvalue weighted by Crippen LogP contribution is 2.34. The van der Waals surface area contributed by atoms with E-state index in [9.17, 15) is 17.6 Å². The first-order valence-corrected chi connectivity index (χ1v) is 5.15. The summed E-state index contributed by atoms with van der Waals surface area (Å²) in [6, 6.07) is 2.67. The van der Waals surface area contributed by atoms with E-state index in [4.69, 9.17) is 10.5 Å². The van der Waals surface area contributed by atoms with Crippen LogP contribution >= 0.6 is 12.4 Å². The maximum Gasteiger partial charge on any atom is 0.419 e. The molecular weight excluding hydrogens is 274 g/mol. The highest BCUT2D eigenvalue weighted by molar-refractivity contribution is 5.85. The second-order valence-corrected chi connectivity index (χ2v) is 4.11. The van der Waals surface area contributed by atoms with Gasteiger partial charge in [0.1, 0.15) is 17.7 Å². The van der Waals surface area contributed by atoms with Crippen LogP contribution in [0.4, 0.5) is 17.6 Å². The van der Waals surface area contributed by atoms with Crippen LogP contribution in [0.3, 0.4) is 0 Å². The van der Waals surface area contributed by atoms with E-state index < -0.39 is 17.6 Å². The van der Waals surface area contributed by atoms with Crippen molar-refractivity contribution in [2.75, 3.05) is 0 Å². The summed E-state index contributed by atoms with van der Waals surface area (Å²) >= 11 is 0. The summed E-state index contributed by atoms with van der Waals surface area (Å²) in [7, 11) is 0. The molecule has 102 valence electrons. The van der Waals surface area contributed by atoms with Crippen LogP contribution in [-0.4, -0.2) is 12.1 Å². The van der Waals surface area contributed by atoms with Crippen LogP contribution < -0.4 is 10.5 Å². The Morgan fingerprint density at radius 2 is 1.83 bits per heavy atom. The van der Waals surface area contributed by atoms with Gasteiger partial charge in [0.2, 0.25) is 0 Å². The van der Waals surface area contributed by atoms with Gasteiger partial charge in [-0.25, -0.2) is 4.39 Å². The van der Waals surface area contributed by atoms with Crippen LogP contribution in [-0.2, 0) is 6.18 Å². The van der Waals surface area contributed by atoms with Crippen LogP contribution in [0.1, 0.15) is 18.4 Å². The summed E-state index contributed by atoms with van der Waals surface area (Å²) < 4.78 is 55.5. The molecule has 2 N–H and O–H groups in total. The quantitative estimate of drug-likeness (QED) is 0.847. The maximum atomic E-state index is 13.0. The van der Waals surface area contributed by atoms with Crippen molar-refractivity contribution in [3.8, 4) is 5.75 Å². The molecule has 1 saturated carbocycles. The van der Waals surface area contributed by atoms with Gasteiger partial charge in [-0.3, -0.25) is 0 Å². The predicted molar refractivity (Wildman–Crippen MR) is 60.3 cm³/mol. The van der Waals surface area contributed by atoms with Crippen LogP contribution in [0.5, 0.6) is 5.75 Å². The lowest BCUT2D eigenvalue weighted by Crippen LogP contribution is -2.43. The van der Waals surface area contributed by atoms with Crippen molar-refractivity contribution in [1.82, 2.24) is 0 Å². The first-order chi connectivity index (χ1) is 7.86. The number of rotatable bonds is 2. The third-order valence-electron chi connectivity index (χ3n) is 2.68. The van der Waals surface area contributed by atoms with Gasteiger partial charge >= 0.3 is 6.18 Å². The number of ether oxygens (including phenoxy) is 1. The monoisotopic (exact) mass is 285 g/mol. The molecular formula is C11H12ClF4NO. The molecule has 7 heteroatoms. The number of benzene rings is 1. The van der Waals surface area contributed by atoms with Gasteiger partial charge in [-0.1, -0.05) is 0 Å². The highest BCUT2D eigenvalue weighted by Gasteiger charge is 2.35. The summed E-state index contributed by atoms with van der Waals surface area (Å²) in [4.78, 5) is 0. The van der Waals surface area contributed by atoms with Crippen molar-refractivity contribution in [3.05, 3.63) is 29.6 Å². The molecule has 0 spiro atoms. The molecule has 0 unspecified atom stereocenters. The molecule has 1 aliphatic rings. The fourth-order valence-corrected chi connectivity index (χ4v) is 1.69. The first-order valence-electron chi connectivity index (χ1n) is 5.15. The minimum absolute atomic E-state index is 0. The van der Waals surface area contributed by atoms with Gasteiger partial charge in [-0.05, 0) is 31.0 Å². The molecule has 0 aromatic heterocycles. The minimum Gasteiger partial charge on any atom is -0.490 e. The van der Waals surface area contributed by atoms with Crippen molar-refractivity contribution < 1.29 is 22.3 Å². The standard InChI is InChI=1S/C11H11F4NO.ClH/c12-10-2-1-7(5-9(10)11(13,14)15)17-8-3-6(16)4-8;/h1-2,5-6,8H,3-4,16H2;1H/t6-,8-;. The average molecular weight is 286 g/mol.